The normalized spacial score (nSPS) is 10.4. The van der Waals surface area contributed by atoms with Crippen molar-refractivity contribution >= 4 is 11.6 Å². The smallest absolute Gasteiger partial charge is 0.256 e. The van der Waals surface area contributed by atoms with Crippen molar-refractivity contribution in [3.63, 3.8) is 0 Å². The number of halogens is 1. The highest BCUT2D eigenvalue weighted by Gasteiger charge is 2.14. The molecule has 6 heteroatoms. The molecule has 1 amide bonds. The maximum absolute atomic E-state index is 13.8. The van der Waals surface area contributed by atoms with Gasteiger partial charge in [0.25, 0.3) is 5.91 Å². The van der Waals surface area contributed by atoms with E-state index in [0.717, 1.165) is 5.56 Å². The molecule has 0 saturated heterocycles. The number of amides is 1. The van der Waals surface area contributed by atoms with Gasteiger partial charge >= 0.3 is 0 Å². The highest BCUT2D eigenvalue weighted by Crippen LogP contribution is 2.26. The summed E-state index contributed by atoms with van der Waals surface area (Å²) in [6.07, 6.45) is 4.60. The zero-order chi connectivity index (χ0) is 20.1. The molecule has 0 saturated carbocycles. The Morgan fingerprint density at radius 2 is 1.72 bits per heavy atom. The number of anilines is 1. The summed E-state index contributed by atoms with van der Waals surface area (Å²) in [6.45, 7) is 0. The van der Waals surface area contributed by atoms with Crippen LogP contribution in [0.3, 0.4) is 0 Å². The van der Waals surface area contributed by atoms with Crippen molar-refractivity contribution in [2.75, 3.05) is 5.32 Å². The quantitative estimate of drug-likeness (QED) is 0.504. The second kappa shape index (κ2) is 8.31. The Bertz CT molecular complexity index is 1120. The molecule has 5 nitrogen and oxygen atoms in total. The van der Waals surface area contributed by atoms with Crippen LogP contribution in [0.1, 0.15) is 10.4 Å². The van der Waals surface area contributed by atoms with Gasteiger partial charge in [-0.25, -0.2) is 9.37 Å². The molecule has 0 atom stereocenters. The molecule has 0 bridgehead atoms. The Balaban J connectivity index is 1.53. The number of carbonyl (C=O) groups excluding carboxylic acids is 1. The number of carbonyl (C=O) groups is 1. The van der Waals surface area contributed by atoms with E-state index >= 15 is 0 Å². The lowest BCUT2D eigenvalue weighted by Crippen LogP contribution is -2.13. The first-order valence-corrected chi connectivity index (χ1v) is 8.89. The van der Waals surface area contributed by atoms with Crippen molar-refractivity contribution in [3.8, 4) is 22.8 Å². The van der Waals surface area contributed by atoms with Crippen LogP contribution in [0, 0.1) is 5.82 Å². The number of nitrogens with one attached hydrogen (secondary N) is 1. The predicted octanol–water partition coefficient (Wildman–Crippen LogP) is 5.33. The number of aromatic nitrogens is 2. The van der Waals surface area contributed by atoms with Gasteiger partial charge in [-0.3, -0.25) is 9.78 Å². The summed E-state index contributed by atoms with van der Waals surface area (Å²) in [6, 6.07) is 20.4. The number of nitrogens with zero attached hydrogens (tertiary/aromatic N) is 2. The molecular weight excluding hydrogens is 369 g/mol. The van der Waals surface area contributed by atoms with Crippen LogP contribution in [0.5, 0.6) is 11.6 Å². The van der Waals surface area contributed by atoms with E-state index in [1.165, 1.54) is 24.5 Å². The van der Waals surface area contributed by atoms with Crippen molar-refractivity contribution in [2.24, 2.45) is 0 Å². The molecule has 0 aliphatic rings. The van der Waals surface area contributed by atoms with Crippen LogP contribution in [0.15, 0.2) is 91.4 Å². The van der Waals surface area contributed by atoms with E-state index in [9.17, 15) is 9.18 Å². The van der Waals surface area contributed by atoms with E-state index in [1.807, 2.05) is 30.3 Å². The Hall–Kier alpha value is -4.06. The average Bonchev–Trinajstić information content (AvgIpc) is 2.76. The molecule has 0 spiro atoms. The lowest BCUT2D eigenvalue weighted by molar-refractivity contribution is 0.102. The van der Waals surface area contributed by atoms with E-state index in [4.69, 9.17) is 4.74 Å². The molecular formula is C23H16FN3O2. The van der Waals surface area contributed by atoms with Crippen LogP contribution >= 0.6 is 0 Å². The molecule has 29 heavy (non-hydrogen) atoms. The largest absolute Gasteiger partial charge is 0.438 e. The first-order chi connectivity index (χ1) is 14.2. The SMILES string of the molecule is O=C(Nc1ccc(Oc2cnccn2)cc1)c1cc(F)ccc1-c1ccccc1. The topological polar surface area (TPSA) is 64.1 Å². The summed E-state index contributed by atoms with van der Waals surface area (Å²) in [5.74, 6) is 0.0595. The Kier molecular flexibility index (Phi) is 5.25. The first-order valence-electron chi connectivity index (χ1n) is 8.89. The van der Waals surface area contributed by atoms with Gasteiger partial charge in [-0.2, -0.15) is 0 Å². The molecule has 4 rings (SSSR count). The van der Waals surface area contributed by atoms with Crippen LogP contribution in [-0.2, 0) is 0 Å². The van der Waals surface area contributed by atoms with Crippen LogP contribution in [0.2, 0.25) is 0 Å². The highest BCUT2D eigenvalue weighted by molar-refractivity contribution is 6.08. The maximum Gasteiger partial charge on any atom is 0.256 e. The fraction of sp³-hybridized carbons (Fsp3) is 0. The van der Waals surface area contributed by atoms with Crippen molar-refractivity contribution in [3.05, 3.63) is 103 Å². The fourth-order valence-corrected chi connectivity index (χ4v) is 2.84. The number of rotatable bonds is 5. The van der Waals surface area contributed by atoms with Gasteiger partial charge in [0.05, 0.1) is 11.8 Å². The van der Waals surface area contributed by atoms with E-state index in [-0.39, 0.29) is 5.56 Å². The van der Waals surface area contributed by atoms with Gasteiger partial charge in [-0.1, -0.05) is 36.4 Å². The van der Waals surface area contributed by atoms with Crippen molar-refractivity contribution in [1.82, 2.24) is 9.97 Å². The van der Waals surface area contributed by atoms with Crippen LogP contribution in [0.25, 0.3) is 11.1 Å². The molecule has 0 fully saturated rings. The maximum atomic E-state index is 13.8. The third kappa shape index (κ3) is 4.44. The second-order valence-electron chi connectivity index (χ2n) is 6.18. The average molecular weight is 385 g/mol. The van der Waals surface area contributed by atoms with E-state index in [0.29, 0.717) is 22.9 Å². The lowest BCUT2D eigenvalue weighted by atomic mass is 9.99. The number of hydrogen-bond donors (Lipinski definition) is 1. The summed E-state index contributed by atoms with van der Waals surface area (Å²) in [5, 5.41) is 2.80. The molecule has 0 radical (unpaired) electrons. The minimum Gasteiger partial charge on any atom is -0.438 e. The first kappa shape index (κ1) is 18.3. The minimum absolute atomic E-state index is 0.260. The molecule has 0 unspecified atom stereocenters. The molecule has 142 valence electrons. The van der Waals surface area contributed by atoms with Gasteiger partial charge in [-0.15, -0.1) is 0 Å². The number of ether oxygens (including phenoxy) is 1. The van der Waals surface area contributed by atoms with E-state index in [2.05, 4.69) is 15.3 Å². The Morgan fingerprint density at radius 3 is 2.45 bits per heavy atom. The molecule has 3 aromatic carbocycles. The van der Waals surface area contributed by atoms with Crippen LogP contribution < -0.4 is 10.1 Å². The predicted molar refractivity (Wildman–Crippen MR) is 108 cm³/mol. The van der Waals surface area contributed by atoms with Gasteiger partial charge in [-0.05, 0) is 47.5 Å². The fourth-order valence-electron chi connectivity index (χ4n) is 2.84. The molecule has 0 aliphatic carbocycles. The summed E-state index contributed by atoms with van der Waals surface area (Å²) in [7, 11) is 0. The highest BCUT2D eigenvalue weighted by atomic mass is 19.1. The van der Waals surface area contributed by atoms with Crippen molar-refractivity contribution in [2.45, 2.75) is 0 Å². The lowest BCUT2D eigenvalue weighted by Gasteiger charge is -2.11. The molecule has 0 aliphatic heterocycles. The Morgan fingerprint density at radius 1 is 0.931 bits per heavy atom. The van der Waals surface area contributed by atoms with Gasteiger partial charge in [0.15, 0.2) is 0 Å². The standard InChI is InChI=1S/C23H16FN3O2/c24-17-6-11-20(16-4-2-1-3-5-16)21(14-17)23(28)27-18-7-9-19(10-8-18)29-22-15-25-12-13-26-22/h1-15H,(H,27,28). The van der Waals surface area contributed by atoms with Gasteiger partial charge in [0.2, 0.25) is 5.88 Å². The zero-order valence-electron chi connectivity index (χ0n) is 15.2. The molecule has 1 N–H and O–H groups in total. The monoisotopic (exact) mass is 385 g/mol. The summed E-state index contributed by atoms with van der Waals surface area (Å²) in [5.41, 5.74) is 2.32. The van der Waals surface area contributed by atoms with Crippen LogP contribution in [0.4, 0.5) is 10.1 Å². The number of benzene rings is 3. The zero-order valence-corrected chi connectivity index (χ0v) is 15.2. The van der Waals surface area contributed by atoms with Crippen molar-refractivity contribution < 1.29 is 13.9 Å². The second-order valence-corrected chi connectivity index (χ2v) is 6.18. The summed E-state index contributed by atoms with van der Waals surface area (Å²) in [4.78, 5) is 20.8. The third-order valence-corrected chi connectivity index (χ3v) is 4.19. The van der Waals surface area contributed by atoms with Crippen LogP contribution in [-0.4, -0.2) is 15.9 Å². The Labute approximate surface area is 166 Å². The van der Waals surface area contributed by atoms with Crippen molar-refractivity contribution in [1.29, 1.82) is 0 Å². The third-order valence-electron chi connectivity index (χ3n) is 4.19. The summed E-state index contributed by atoms with van der Waals surface area (Å²) < 4.78 is 19.4. The number of hydrogen-bond acceptors (Lipinski definition) is 4. The van der Waals surface area contributed by atoms with Gasteiger partial charge in [0, 0.05) is 18.1 Å². The molecule has 1 aromatic heterocycles. The van der Waals surface area contributed by atoms with E-state index in [1.54, 1.807) is 36.5 Å². The summed E-state index contributed by atoms with van der Waals surface area (Å²) >= 11 is 0. The van der Waals surface area contributed by atoms with Gasteiger partial charge < -0.3 is 10.1 Å². The van der Waals surface area contributed by atoms with E-state index < -0.39 is 11.7 Å². The minimum atomic E-state index is -0.470. The molecule has 1 heterocycles. The van der Waals surface area contributed by atoms with Gasteiger partial charge in [0.1, 0.15) is 11.6 Å². The molecule has 4 aromatic rings.